The number of thiazole rings is 1. The number of rotatable bonds is 3. The van der Waals surface area contributed by atoms with Crippen molar-refractivity contribution < 1.29 is 8.42 Å². The zero-order valence-electron chi connectivity index (χ0n) is 10.3. The molecule has 2 rings (SSSR count). The van der Waals surface area contributed by atoms with Crippen LogP contribution in [-0.4, -0.2) is 55.3 Å². The van der Waals surface area contributed by atoms with Crippen molar-refractivity contribution in [1.82, 2.24) is 14.2 Å². The first kappa shape index (κ1) is 14.2. The largest absolute Gasteiger partial charge is 0.301 e. The van der Waals surface area contributed by atoms with Crippen LogP contribution in [0.3, 0.4) is 0 Å². The lowest BCUT2D eigenvalue weighted by Crippen LogP contribution is -2.52. The van der Waals surface area contributed by atoms with Crippen molar-refractivity contribution in [2.24, 2.45) is 0 Å². The Morgan fingerprint density at radius 3 is 2.83 bits per heavy atom. The van der Waals surface area contributed by atoms with Gasteiger partial charge in [0.1, 0.15) is 0 Å². The fourth-order valence-corrected chi connectivity index (χ4v) is 4.98. The number of aromatic nitrogens is 1. The van der Waals surface area contributed by atoms with Crippen LogP contribution in [0.4, 0.5) is 0 Å². The molecule has 0 bridgehead atoms. The molecule has 5 nitrogen and oxygen atoms in total. The van der Waals surface area contributed by atoms with Gasteiger partial charge in [-0.05, 0) is 13.5 Å². The zero-order chi connectivity index (χ0) is 13.3. The Kier molecular flexibility index (Phi) is 4.28. The van der Waals surface area contributed by atoms with E-state index in [0.29, 0.717) is 13.1 Å². The summed E-state index contributed by atoms with van der Waals surface area (Å²) in [5.74, 6) is 0. The molecule has 8 heteroatoms. The molecule has 0 saturated carbocycles. The molecule has 0 radical (unpaired) electrons. The van der Waals surface area contributed by atoms with Crippen LogP contribution in [0, 0.1) is 0 Å². The molecule has 0 spiro atoms. The highest BCUT2D eigenvalue weighted by molar-refractivity contribution is 7.91. The number of hydrogen-bond acceptors (Lipinski definition) is 5. The van der Waals surface area contributed by atoms with Gasteiger partial charge in [-0.1, -0.05) is 29.9 Å². The van der Waals surface area contributed by atoms with E-state index in [-0.39, 0.29) is 14.7 Å². The van der Waals surface area contributed by atoms with Crippen LogP contribution in [0.1, 0.15) is 13.3 Å². The lowest BCUT2D eigenvalue weighted by molar-refractivity contribution is 0.144. The second-order valence-corrected chi connectivity index (χ2v) is 8.12. The van der Waals surface area contributed by atoms with Gasteiger partial charge in [0.25, 0.3) is 10.0 Å². The molecule has 102 valence electrons. The van der Waals surface area contributed by atoms with E-state index in [2.05, 4.69) is 16.8 Å². The highest BCUT2D eigenvalue weighted by atomic mass is 35.5. The Labute approximate surface area is 116 Å². The average Bonchev–Trinajstić information content (AvgIpc) is 2.77. The van der Waals surface area contributed by atoms with Gasteiger partial charge in [0.2, 0.25) is 0 Å². The summed E-state index contributed by atoms with van der Waals surface area (Å²) in [6.45, 7) is 3.88. The molecule has 1 aromatic heterocycles. The minimum Gasteiger partial charge on any atom is -0.301 e. The smallest absolute Gasteiger partial charge is 0.254 e. The molecule has 18 heavy (non-hydrogen) atoms. The quantitative estimate of drug-likeness (QED) is 0.849. The van der Waals surface area contributed by atoms with Gasteiger partial charge in [-0.25, -0.2) is 13.4 Å². The van der Waals surface area contributed by atoms with Crippen molar-refractivity contribution in [3.05, 3.63) is 10.7 Å². The van der Waals surface area contributed by atoms with Gasteiger partial charge in [-0.15, -0.1) is 0 Å². The molecule has 1 aliphatic heterocycles. The van der Waals surface area contributed by atoms with Crippen LogP contribution in [0.25, 0.3) is 0 Å². The van der Waals surface area contributed by atoms with E-state index in [1.165, 1.54) is 10.5 Å². The summed E-state index contributed by atoms with van der Waals surface area (Å²) < 4.78 is 26.8. The highest BCUT2D eigenvalue weighted by Gasteiger charge is 2.33. The van der Waals surface area contributed by atoms with Crippen LogP contribution in [-0.2, 0) is 10.0 Å². The molecule has 1 aliphatic rings. The molecule has 1 fully saturated rings. The topological polar surface area (TPSA) is 53.5 Å². The predicted octanol–water partition coefficient (Wildman–Crippen LogP) is 1.51. The summed E-state index contributed by atoms with van der Waals surface area (Å²) in [6.07, 6.45) is 2.27. The summed E-state index contributed by atoms with van der Waals surface area (Å²) >= 11 is 6.71. The SMILES string of the molecule is CCC1CN(S(=O)(=O)c2cnc(Cl)s2)CCN1C. The molecular weight excluding hydrogens is 294 g/mol. The Morgan fingerprint density at radius 2 is 2.28 bits per heavy atom. The minimum absolute atomic E-state index is 0.229. The van der Waals surface area contributed by atoms with E-state index in [1.807, 2.05) is 7.05 Å². The Balaban J connectivity index is 2.21. The molecule has 0 aromatic carbocycles. The number of piperazine rings is 1. The standard InChI is InChI=1S/C10H16ClN3O2S2/c1-3-8-7-14(5-4-13(8)2)18(15,16)9-6-12-10(11)17-9/h6,8H,3-5,7H2,1-2H3. The Hall–Kier alpha value is -0.210. The number of likely N-dealkylation sites (N-methyl/N-ethyl adjacent to an activating group) is 1. The summed E-state index contributed by atoms with van der Waals surface area (Å²) in [4.78, 5) is 6.00. The van der Waals surface area contributed by atoms with Gasteiger partial charge in [-0.3, -0.25) is 0 Å². The van der Waals surface area contributed by atoms with Crippen molar-refractivity contribution in [2.75, 3.05) is 26.7 Å². The molecule has 1 aromatic rings. The third kappa shape index (κ3) is 2.70. The third-order valence-electron chi connectivity index (χ3n) is 3.26. The van der Waals surface area contributed by atoms with Crippen molar-refractivity contribution in [1.29, 1.82) is 0 Å². The van der Waals surface area contributed by atoms with Crippen LogP contribution in [0.2, 0.25) is 4.47 Å². The fourth-order valence-electron chi connectivity index (χ4n) is 2.06. The second kappa shape index (κ2) is 5.42. The fraction of sp³-hybridized carbons (Fsp3) is 0.700. The maximum absolute atomic E-state index is 12.4. The molecule has 0 N–H and O–H groups in total. The van der Waals surface area contributed by atoms with E-state index < -0.39 is 10.0 Å². The van der Waals surface area contributed by atoms with Gasteiger partial charge in [0.15, 0.2) is 8.68 Å². The Morgan fingerprint density at radius 1 is 1.56 bits per heavy atom. The molecule has 0 aliphatic carbocycles. The van der Waals surface area contributed by atoms with E-state index in [0.717, 1.165) is 24.3 Å². The lowest BCUT2D eigenvalue weighted by atomic mass is 10.1. The van der Waals surface area contributed by atoms with Crippen LogP contribution >= 0.6 is 22.9 Å². The van der Waals surface area contributed by atoms with Gasteiger partial charge in [-0.2, -0.15) is 4.31 Å². The Bertz CT molecular complexity index is 517. The maximum atomic E-state index is 12.4. The van der Waals surface area contributed by atoms with Crippen LogP contribution < -0.4 is 0 Å². The predicted molar refractivity (Wildman–Crippen MR) is 72.6 cm³/mol. The van der Waals surface area contributed by atoms with Crippen molar-refractivity contribution in [3.8, 4) is 0 Å². The first-order valence-electron chi connectivity index (χ1n) is 5.77. The van der Waals surface area contributed by atoms with Crippen LogP contribution in [0.5, 0.6) is 0 Å². The number of sulfonamides is 1. The summed E-state index contributed by atoms with van der Waals surface area (Å²) in [5, 5.41) is 0. The van der Waals surface area contributed by atoms with Gasteiger partial charge >= 0.3 is 0 Å². The molecule has 1 unspecified atom stereocenters. The first-order valence-corrected chi connectivity index (χ1v) is 8.40. The number of halogens is 1. The van der Waals surface area contributed by atoms with E-state index in [1.54, 1.807) is 0 Å². The first-order chi connectivity index (χ1) is 8.45. The number of nitrogens with zero attached hydrogens (tertiary/aromatic N) is 3. The molecule has 0 amide bonds. The summed E-state index contributed by atoms with van der Waals surface area (Å²) in [6, 6.07) is 0.275. The average molecular weight is 310 g/mol. The molecule has 1 atom stereocenters. The second-order valence-electron chi connectivity index (χ2n) is 4.34. The molecule has 2 heterocycles. The molecular formula is C10H16ClN3O2S2. The zero-order valence-corrected chi connectivity index (χ0v) is 12.7. The minimum atomic E-state index is -3.43. The summed E-state index contributed by atoms with van der Waals surface area (Å²) in [5.41, 5.74) is 0. The van der Waals surface area contributed by atoms with E-state index in [9.17, 15) is 8.42 Å². The van der Waals surface area contributed by atoms with E-state index >= 15 is 0 Å². The van der Waals surface area contributed by atoms with Gasteiger partial charge < -0.3 is 4.90 Å². The van der Waals surface area contributed by atoms with Crippen molar-refractivity contribution in [2.45, 2.75) is 23.6 Å². The molecule has 1 saturated heterocycles. The van der Waals surface area contributed by atoms with E-state index in [4.69, 9.17) is 11.6 Å². The summed E-state index contributed by atoms with van der Waals surface area (Å²) in [7, 11) is -1.40. The monoisotopic (exact) mass is 309 g/mol. The van der Waals surface area contributed by atoms with Crippen molar-refractivity contribution >= 4 is 33.0 Å². The lowest BCUT2D eigenvalue weighted by Gasteiger charge is -2.37. The number of hydrogen-bond donors (Lipinski definition) is 0. The van der Waals surface area contributed by atoms with Crippen LogP contribution in [0.15, 0.2) is 10.4 Å². The maximum Gasteiger partial charge on any atom is 0.254 e. The van der Waals surface area contributed by atoms with Crippen molar-refractivity contribution in [3.63, 3.8) is 0 Å². The van der Waals surface area contributed by atoms with Gasteiger partial charge in [0, 0.05) is 25.7 Å². The highest BCUT2D eigenvalue weighted by Crippen LogP contribution is 2.27. The van der Waals surface area contributed by atoms with Gasteiger partial charge in [0.05, 0.1) is 6.20 Å². The third-order valence-corrected chi connectivity index (χ3v) is 6.68. The normalized spacial score (nSPS) is 23.4.